The zero-order chi connectivity index (χ0) is 28.3. The Morgan fingerprint density at radius 1 is 0.442 bits per heavy atom. The van der Waals surface area contributed by atoms with Gasteiger partial charge in [-0.3, -0.25) is 0 Å². The van der Waals surface area contributed by atoms with Crippen LogP contribution in [-0.2, 0) is 0 Å². The van der Waals surface area contributed by atoms with Gasteiger partial charge >= 0.3 is 0 Å². The van der Waals surface area contributed by atoms with E-state index in [-0.39, 0.29) is 0 Å². The number of hydrogen-bond donors (Lipinski definition) is 0. The summed E-state index contributed by atoms with van der Waals surface area (Å²) in [5, 5.41) is 7.35. The first-order valence-electron chi connectivity index (χ1n) is 15.0. The van der Waals surface area contributed by atoms with Crippen LogP contribution in [0.4, 0.5) is 0 Å². The van der Waals surface area contributed by atoms with E-state index in [1.165, 1.54) is 54.9 Å². The average molecular weight is 549 g/mol. The van der Waals surface area contributed by atoms with Crippen molar-refractivity contribution in [2.75, 3.05) is 0 Å². The predicted octanol–water partition coefficient (Wildman–Crippen LogP) is 11.5. The topological polar surface area (TPSA) is 13.1 Å². The van der Waals surface area contributed by atoms with Gasteiger partial charge in [0.2, 0.25) is 0 Å². The van der Waals surface area contributed by atoms with E-state index >= 15 is 0 Å². The van der Waals surface area contributed by atoms with Crippen molar-refractivity contribution in [3.8, 4) is 22.3 Å². The van der Waals surface area contributed by atoms with Crippen molar-refractivity contribution in [3.05, 3.63) is 163 Å². The molecule has 6 aromatic carbocycles. The quantitative estimate of drug-likeness (QED) is 0.200. The van der Waals surface area contributed by atoms with Crippen LogP contribution in [-0.4, -0.2) is 0 Å². The molecule has 1 heteroatoms. The first kappa shape index (κ1) is 24.2. The molecule has 202 valence electrons. The molecule has 1 heterocycles. The maximum Gasteiger partial charge on any atom is 0.135 e. The average Bonchev–Trinajstić information content (AvgIpc) is 3.45. The Kier molecular flexibility index (Phi) is 5.39. The minimum atomic E-state index is 0.337. The standard InChI is InChI=1S/C42H28O/c1-2-14-29-27(12-1)13-11-22-30(29)31-15-3-4-17-33(31)42-36-20-7-5-18-34(36)41(35-19-6-8-21-37(35)42)28-24-25-40-38(26-28)32-16-9-10-23-39(32)43-40/h1-27,29H. The van der Waals surface area contributed by atoms with Crippen LogP contribution in [0.25, 0.3) is 71.3 Å². The molecule has 2 unspecified atom stereocenters. The molecular formula is C42H28O. The Morgan fingerprint density at radius 2 is 1.02 bits per heavy atom. The van der Waals surface area contributed by atoms with Crippen LogP contribution in [0.1, 0.15) is 5.56 Å². The zero-order valence-corrected chi connectivity index (χ0v) is 23.6. The molecule has 9 rings (SSSR count). The van der Waals surface area contributed by atoms with Gasteiger partial charge in [0, 0.05) is 22.6 Å². The fourth-order valence-corrected chi connectivity index (χ4v) is 7.35. The molecule has 43 heavy (non-hydrogen) atoms. The SMILES string of the molecule is C1=CC2C=CC=C(c3ccccc3-c3c4ccccc4c(-c4ccc5oc6ccccc6c5c4)c4ccccc34)C2C=C1. The van der Waals surface area contributed by atoms with Crippen LogP contribution in [0.2, 0.25) is 0 Å². The van der Waals surface area contributed by atoms with E-state index in [9.17, 15) is 0 Å². The molecule has 1 aromatic heterocycles. The Balaban J connectivity index is 1.34. The van der Waals surface area contributed by atoms with E-state index in [0.29, 0.717) is 11.8 Å². The molecule has 0 N–H and O–H groups in total. The van der Waals surface area contributed by atoms with Gasteiger partial charge in [-0.2, -0.15) is 0 Å². The second-order valence-corrected chi connectivity index (χ2v) is 11.6. The fourth-order valence-electron chi connectivity index (χ4n) is 7.35. The van der Waals surface area contributed by atoms with Gasteiger partial charge in [-0.25, -0.2) is 0 Å². The molecule has 0 saturated carbocycles. The predicted molar refractivity (Wildman–Crippen MR) is 182 cm³/mol. The third-order valence-electron chi connectivity index (χ3n) is 9.25. The molecule has 0 bridgehead atoms. The minimum Gasteiger partial charge on any atom is -0.456 e. The number of rotatable bonds is 3. The summed E-state index contributed by atoms with van der Waals surface area (Å²) >= 11 is 0. The summed E-state index contributed by atoms with van der Waals surface area (Å²) in [4.78, 5) is 0. The molecule has 0 saturated heterocycles. The van der Waals surface area contributed by atoms with E-state index in [0.717, 1.165) is 21.9 Å². The summed E-state index contributed by atoms with van der Waals surface area (Å²) in [6.45, 7) is 0. The number of para-hydroxylation sites is 1. The van der Waals surface area contributed by atoms with Crippen molar-refractivity contribution in [1.29, 1.82) is 0 Å². The lowest BCUT2D eigenvalue weighted by Crippen LogP contribution is -2.15. The maximum atomic E-state index is 6.18. The van der Waals surface area contributed by atoms with E-state index in [4.69, 9.17) is 4.42 Å². The summed E-state index contributed by atoms with van der Waals surface area (Å²) in [6.07, 6.45) is 15.9. The Morgan fingerprint density at radius 3 is 1.79 bits per heavy atom. The lowest BCUT2D eigenvalue weighted by atomic mass is 9.75. The number of allylic oxidation sites excluding steroid dienone is 8. The van der Waals surface area contributed by atoms with Gasteiger partial charge in [-0.1, -0.05) is 140 Å². The van der Waals surface area contributed by atoms with Gasteiger partial charge in [0.1, 0.15) is 11.2 Å². The van der Waals surface area contributed by atoms with Gasteiger partial charge < -0.3 is 4.42 Å². The largest absolute Gasteiger partial charge is 0.456 e. The Bertz CT molecular complexity index is 2300. The normalized spacial score (nSPS) is 17.6. The molecule has 0 aliphatic heterocycles. The van der Waals surface area contributed by atoms with Crippen molar-refractivity contribution in [3.63, 3.8) is 0 Å². The second kappa shape index (κ2) is 9.58. The highest BCUT2D eigenvalue weighted by molar-refractivity contribution is 6.22. The third-order valence-corrected chi connectivity index (χ3v) is 9.25. The smallest absolute Gasteiger partial charge is 0.135 e. The van der Waals surface area contributed by atoms with E-state index in [2.05, 4.69) is 146 Å². The molecular weight excluding hydrogens is 520 g/mol. The van der Waals surface area contributed by atoms with E-state index in [1.54, 1.807) is 0 Å². The van der Waals surface area contributed by atoms with Crippen molar-refractivity contribution >= 4 is 49.1 Å². The van der Waals surface area contributed by atoms with Crippen LogP contribution >= 0.6 is 0 Å². The Hall–Kier alpha value is -5.40. The van der Waals surface area contributed by atoms with Crippen molar-refractivity contribution in [2.45, 2.75) is 0 Å². The van der Waals surface area contributed by atoms with Crippen molar-refractivity contribution in [1.82, 2.24) is 0 Å². The van der Waals surface area contributed by atoms with Gasteiger partial charge in [-0.05, 0) is 73.1 Å². The molecule has 2 aliphatic carbocycles. The van der Waals surface area contributed by atoms with E-state index < -0.39 is 0 Å². The highest BCUT2D eigenvalue weighted by Crippen LogP contribution is 2.48. The maximum absolute atomic E-state index is 6.18. The van der Waals surface area contributed by atoms with Gasteiger partial charge in [0.15, 0.2) is 0 Å². The molecule has 2 atom stereocenters. The molecule has 1 nitrogen and oxygen atoms in total. The number of furan rings is 1. The fraction of sp³-hybridized carbons (Fsp3) is 0.0476. The monoisotopic (exact) mass is 548 g/mol. The number of fused-ring (bicyclic) bond motifs is 6. The van der Waals surface area contributed by atoms with Crippen LogP contribution in [0.3, 0.4) is 0 Å². The second-order valence-electron chi connectivity index (χ2n) is 11.6. The minimum absolute atomic E-state index is 0.337. The number of benzene rings is 6. The van der Waals surface area contributed by atoms with E-state index in [1.807, 2.05) is 12.1 Å². The highest BCUT2D eigenvalue weighted by Gasteiger charge is 2.26. The van der Waals surface area contributed by atoms with Gasteiger partial charge in [0.25, 0.3) is 0 Å². The summed E-state index contributed by atoms with van der Waals surface area (Å²) in [6, 6.07) is 41.8. The van der Waals surface area contributed by atoms with Crippen molar-refractivity contribution in [2.24, 2.45) is 11.8 Å². The lowest BCUT2D eigenvalue weighted by Gasteiger charge is -2.29. The summed E-state index contributed by atoms with van der Waals surface area (Å²) < 4.78 is 6.18. The zero-order valence-electron chi connectivity index (χ0n) is 23.6. The van der Waals surface area contributed by atoms with Crippen molar-refractivity contribution < 1.29 is 4.42 Å². The van der Waals surface area contributed by atoms with Crippen LogP contribution in [0.5, 0.6) is 0 Å². The molecule has 0 fully saturated rings. The molecule has 0 radical (unpaired) electrons. The summed E-state index contributed by atoms with van der Waals surface area (Å²) in [7, 11) is 0. The third kappa shape index (κ3) is 3.72. The van der Waals surface area contributed by atoms with Crippen LogP contribution in [0.15, 0.2) is 162 Å². The first-order valence-corrected chi connectivity index (χ1v) is 15.0. The summed E-state index contributed by atoms with van der Waals surface area (Å²) in [5.74, 6) is 0.729. The highest BCUT2D eigenvalue weighted by atomic mass is 16.3. The first-order chi connectivity index (χ1) is 21.3. The van der Waals surface area contributed by atoms with Crippen LogP contribution < -0.4 is 0 Å². The molecule has 2 aliphatic rings. The Labute approximate surface area is 250 Å². The molecule has 7 aromatic rings. The number of hydrogen-bond acceptors (Lipinski definition) is 1. The lowest BCUT2D eigenvalue weighted by molar-refractivity contribution is 0.669. The molecule has 0 spiro atoms. The van der Waals surface area contributed by atoms with Gasteiger partial charge in [0.05, 0.1) is 0 Å². The van der Waals surface area contributed by atoms with Crippen LogP contribution in [0, 0.1) is 11.8 Å². The summed E-state index contributed by atoms with van der Waals surface area (Å²) in [5.41, 5.74) is 9.56. The molecule has 0 amide bonds. The van der Waals surface area contributed by atoms with Gasteiger partial charge in [-0.15, -0.1) is 0 Å².